The summed E-state index contributed by atoms with van der Waals surface area (Å²) in [5, 5.41) is 0. The molecular formula is C15H20NS. The fourth-order valence-electron chi connectivity index (χ4n) is 3.04. The minimum absolute atomic E-state index is 0.755. The molecule has 17 heavy (non-hydrogen) atoms. The minimum Gasteiger partial charge on any atom is -0.352 e. The number of thioether (sulfide) groups is 1. The predicted molar refractivity (Wildman–Crippen MR) is 75.3 cm³/mol. The summed E-state index contributed by atoms with van der Waals surface area (Å²) in [6.07, 6.45) is 8.12. The van der Waals surface area contributed by atoms with Crippen LogP contribution in [0.3, 0.4) is 0 Å². The standard InChI is InChI=1S/C15H20NS/c1-2-12-7-6-10-14-15(12)16(11-17-14)13-8-4-3-5-9-13/h6-7,10-11,13H,2-5,8-9H2,1H3. The highest BCUT2D eigenvalue weighted by molar-refractivity contribution is 8.01. The van der Waals surface area contributed by atoms with E-state index in [-0.39, 0.29) is 0 Å². The summed E-state index contributed by atoms with van der Waals surface area (Å²) in [5.41, 5.74) is 3.02. The molecule has 0 N–H and O–H groups in total. The van der Waals surface area contributed by atoms with Crippen molar-refractivity contribution in [3.8, 4) is 0 Å². The molecule has 1 nitrogen and oxygen atoms in total. The molecule has 1 aromatic rings. The van der Waals surface area contributed by atoms with Crippen molar-refractivity contribution in [1.82, 2.24) is 0 Å². The maximum absolute atomic E-state index is 2.57. The van der Waals surface area contributed by atoms with Crippen molar-refractivity contribution in [3.05, 3.63) is 29.6 Å². The number of aryl methyl sites for hydroxylation is 1. The van der Waals surface area contributed by atoms with Gasteiger partial charge in [0.05, 0.1) is 5.69 Å². The van der Waals surface area contributed by atoms with Crippen LogP contribution in [0.4, 0.5) is 5.69 Å². The second-order valence-electron chi connectivity index (χ2n) is 5.04. The van der Waals surface area contributed by atoms with Crippen LogP contribution < -0.4 is 4.90 Å². The molecule has 1 aromatic carbocycles. The number of hydrogen-bond acceptors (Lipinski definition) is 2. The smallest absolute Gasteiger partial charge is 0.110 e. The monoisotopic (exact) mass is 246 g/mol. The number of benzene rings is 1. The second-order valence-corrected chi connectivity index (χ2v) is 5.93. The number of anilines is 1. The second kappa shape index (κ2) is 4.93. The lowest BCUT2D eigenvalue weighted by Crippen LogP contribution is -2.32. The number of fused-ring (bicyclic) bond motifs is 1. The normalized spacial score (nSPS) is 20.6. The first-order chi connectivity index (χ1) is 8.40. The number of hydrogen-bond donors (Lipinski definition) is 0. The Morgan fingerprint density at radius 2 is 2.06 bits per heavy atom. The van der Waals surface area contributed by atoms with Gasteiger partial charge in [-0.05, 0) is 30.9 Å². The van der Waals surface area contributed by atoms with E-state index in [4.69, 9.17) is 0 Å². The fourth-order valence-corrected chi connectivity index (χ4v) is 4.05. The maximum Gasteiger partial charge on any atom is 0.110 e. The Kier molecular flexibility index (Phi) is 3.32. The van der Waals surface area contributed by atoms with Crippen LogP contribution in [0, 0.1) is 5.88 Å². The molecule has 3 rings (SSSR count). The SMILES string of the molecule is CCc1cccc2c1N(C1CCCCC1)[CH]S2. The molecule has 1 heterocycles. The van der Waals surface area contributed by atoms with Crippen molar-refractivity contribution in [2.45, 2.75) is 56.4 Å². The Morgan fingerprint density at radius 1 is 1.24 bits per heavy atom. The molecule has 0 unspecified atom stereocenters. The highest BCUT2D eigenvalue weighted by atomic mass is 32.2. The van der Waals surface area contributed by atoms with Crippen LogP contribution in [0.5, 0.6) is 0 Å². The van der Waals surface area contributed by atoms with Crippen LogP contribution in [0.2, 0.25) is 0 Å². The van der Waals surface area contributed by atoms with Gasteiger partial charge in [0.2, 0.25) is 0 Å². The Labute approximate surface area is 109 Å². The van der Waals surface area contributed by atoms with Crippen LogP contribution >= 0.6 is 11.8 Å². The summed E-state index contributed by atoms with van der Waals surface area (Å²) in [7, 11) is 0. The minimum atomic E-state index is 0.755. The first-order valence-electron chi connectivity index (χ1n) is 6.80. The van der Waals surface area contributed by atoms with E-state index in [2.05, 4.69) is 35.9 Å². The van der Waals surface area contributed by atoms with Crippen molar-refractivity contribution in [1.29, 1.82) is 0 Å². The van der Waals surface area contributed by atoms with Crippen molar-refractivity contribution in [2.24, 2.45) is 0 Å². The topological polar surface area (TPSA) is 3.24 Å². The summed E-state index contributed by atoms with van der Waals surface area (Å²) in [6.45, 7) is 2.26. The van der Waals surface area contributed by atoms with E-state index in [1.54, 1.807) is 0 Å². The summed E-state index contributed by atoms with van der Waals surface area (Å²) in [5.74, 6) is 2.35. The average molecular weight is 246 g/mol. The molecule has 1 radical (unpaired) electrons. The number of nitrogens with zero attached hydrogens (tertiary/aromatic N) is 1. The molecule has 1 aliphatic carbocycles. The van der Waals surface area contributed by atoms with Gasteiger partial charge in [-0.15, -0.1) is 0 Å². The Balaban J connectivity index is 1.91. The average Bonchev–Trinajstić information content (AvgIpc) is 2.83. The van der Waals surface area contributed by atoms with E-state index >= 15 is 0 Å². The van der Waals surface area contributed by atoms with Gasteiger partial charge in [0.25, 0.3) is 0 Å². The Bertz CT molecular complexity index is 396. The lowest BCUT2D eigenvalue weighted by Gasteiger charge is -2.33. The van der Waals surface area contributed by atoms with Crippen molar-refractivity contribution >= 4 is 17.4 Å². The van der Waals surface area contributed by atoms with Gasteiger partial charge in [0.15, 0.2) is 0 Å². The molecule has 2 aliphatic rings. The molecule has 2 heteroatoms. The quantitative estimate of drug-likeness (QED) is 0.749. The molecule has 1 fully saturated rings. The number of rotatable bonds is 2. The molecule has 0 amide bonds. The van der Waals surface area contributed by atoms with Gasteiger partial charge >= 0.3 is 0 Å². The molecular weight excluding hydrogens is 226 g/mol. The van der Waals surface area contributed by atoms with Gasteiger partial charge in [-0.25, -0.2) is 0 Å². The van der Waals surface area contributed by atoms with E-state index in [9.17, 15) is 0 Å². The molecule has 0 bridgehead atoms. The summed E-state index contributed by atoms with van der Waals surface area (Å²) >= 11 is 1.90. The lowest BCUT2D eigenvalue weighted by molar-refractivity contribution is 0.431. The third kappa shape index (κ3) is 2.08. The van der Waals surface area contributed by atoms with Gasteiger partial charge in [-0.3, -0.25) is 0 Å². The van der Waals surface area contributed by atoms with E-state index in [1.165, 1.54) is 48.3 Å². The van der Waals surface area contributed by atoms with Crippen molar-refractivity contribution in [3.63, 3.8) is 0 Å². The lowest BCUT2D eigenvalue weighted by atomic mass is 9.93. The third-order valence-electron chi connectivity index (χ3n) is 3.98. The summed E-state index contributed by atoms with van der Waals surface area (Å²) in [4.78, 5) is 4.02. The van der Waals surface area contributed by atoms with Crippen molar-refractivity contribution in [2.75, 3.05) is 4.90 Å². The Morgan fingerprint density at radius 3 is 2.82 bits per heavy atom. The van der Waals surface area contributed by atoms with Crippen LogP contribution in [0.1, 0.15) is 44.6 Å². The van der Waals surface area contributed by atoms with Crippen molar-refractivity contribution < 1.29 is 0 Å². The van der Waals surface area contributed by atoms with E-state index in [1.807, 2.05) is 11.8 Å². The van der Waals surface area contributed by atoms with Crippen LogP contribution in [-0.4, -0.2) is 6.04 Å². The molecule has 0 atom stereocenters. The van der Waals surface area contributed by atoms with E-state index in [0.717, 1.165) is 12.5 Å². The first-order valence-corrected chi connectivity index (χ1v) is 7.68. The van der Waals surface area contributed by atoms with Crippen LogP contribution in [0.25, 0.3) is 0 Å². The van der Waals surface area contributed by atoms with Crippen LogP contribution in [-0.2, 0) is 6.42 Å². The molecule has 0 aromatic heterocycles. The Hall–Kier alpha value is -0.630. The van der Waals surface area contributed by atoms with Gasteiger partial charge in [-0.2, -0.15) is 0 Å². The maximum atomic E-state index is 2.57. The predicted octanol–water partition coefficient (Wildman–Crippen LogP) is 4.61. The summed E-state index contributed by atoms with van der Waals surface area (Å²) < 4.78 is 0. The fraction of sp³-hybridized carbons (Fsp3) is 0.533. The molecule has 0 saturated heterocycles. The number of para-hydroxylation sites is 1. The first kappa shape index (κ1) is 11.5. The van der Waals surface area contributed by atoms with E-state index < -0.39 is 0 Å². The zero-order valence-corrected chi connectivity index (χ0v) is 11.3. The van der Waals surface area contributed by atoms with Crippen LogP contribution in [0.15, 0.2) is 23.1 Å². The highest BCUT2D eigenvalue weighted by Crippen LogP contribution is 2.46. The summed E-state index contributed by atoms with van der Waals surface area (Å²) in [6, 6.07) is 7.50. The highest BCUT2D eigenvalue weighted by Gasteiger charge is 2.29. The molecule has 1 saturated carbocycles. The zero-order chi connectivity index (χ0) is 11.7. The third-order valence-corrected chi connectivity index (χ3v) is 4.90. The molecule has 0 spiro atoms. The van der Waals surface area contributed by atoms with Gasteiger partial charge < -0.3 is 4.90 Å². The molecule has 91 valence electrons. The molecule has 1 aliphatic heterocycles. The van der Waals surface area contributed by atoms with E-state index in [0.29, 0.717) is 0 Å². The van der Waals surface area contributed by atoms with Gasteiger partial charge in [0.1, 0.15) is 5.88 Å². The van der Waals surface area contributed by atoms with Gasteiger partial charge in [0, 0.05) is 10.9 Å². The van der Waals surface area contributed by atoms with Gasteiger partial charge in [-0.1, -0.05) is 50.1 Å². The zero-order valence-electron chi connectivity index (χ0n) is 10.5. The largest absolute Gasteiger partial charge is 0.352 e.